The van der Waals surface area contributed by atoms with Gasteiger partial charge in [-0.1, -0.05) is 6.08 Å². The van der Waals surface area contributed by atoms with E-state index in [-0.39, 0.29) is 17.4 Å². The minimum absolute atomic E-state index is 0.128. The number of hydrogen-bond donors (Lipinski definition) is 1. The van der Waals surface area contributed by atoms with E-state index in [0.717, 1.165) is 0 Å². The first-order valence-electron chi connectivity index (χ1n) is 4.04. The number of aliphatic hydroxyl groups excluding tert-OH is 1. The normalized spacial score (nSPS) is 29.9. The van der Waals surface area contributed by atoms with Crippen LogP contribution in [0.1, 0.15) is 12.8 Å². The first-order valence-corrected chi connectivity index (χ1v) is 5.86. The van der Waals surface area contributed by atoms with Gasteiger partial charge in [0.25, 0.3) is 0 Å². The van der Waals surface area contributed by atoms with Crippen LogP contribution >= 0.6 is 0 Å². The maximum absolute atomic E-state index is 11.0. The lowest BCUT2D eigenvalue weighted by molar-refractivity contribution is 0.192. The summed E-state index contributed by atoms with van der Waals surface area (Å²) < 4.78 is 22.0. The predicted molar refractivity (Wildman–Crippen MR) is 47.6 cm³/mol. The van der Waals surface area contributed by atoms with Gasteiger partial charge in [-0.05, 0) is 18.8 Å². The molecule has 0 aromatic carbocycles. The number of aliphatic hydroxyl groups is 1. The molecular formula is C8H14O3S. The molecule has 0 radical (unpaired) electrons. The SMILES string of the molecule is C=CC(O)CC1CCS(=O)(=O)C1. The van der Waals surface area contributed by atoms with Crippen LogP contribution in [0.15, 0.2) is 12.7 Å². The van der Waals surface area contributed by atoms with E-state index < -0.39 is 15.9 Å². The zero-order valence-corrected chi connectivity index (χ0v) is 7.76. The molecule has 1 aliphatic heterocycles. The molecule has 1 fully saturated rings. The third-order valence-electron chi connectivity index (χ3n) is 2.17. The highest BCUT2D eigenvalue weighted by Gasteiger charge is 2.28. The Morgan fingerprint density at radius 1 is 1.67 bits per heavy atom. The second-order valence-corrected chi connectivity index (χ2v) is 5.54. The Balaban J connectivity index is 2.43. The Kier molecular flexibility index (Phi) is 2.90. The van der Waals surface area contributed by atoms with E-state index in [2.05, 4.69) is 6.58 Å². The summed E-state index contributed by atoms with van der Waals surface area (Å²) in [6.07, 6.45) is 2.12. The highest BCUT2D eigenvalue weighted by Crippen LogP contribution is 2.22. The van der Waals surface area contributed by atoms with Crippen LogP contribution in [0.25, 0.3) is 0 Å². The van der Waals surface area contributed by atoms with E-state index in [9.17, 15) is 13.5 Å². The Hall–Kier alpha value is -0.350. The molecular weight excluding hydrogens is 176 g/mol. The summed E-state index contributed by atoms with van der Waals surface area (Å²) in [4.78, 5) is 0. The number of rotatable bonds is 3. The molecule has 0 spiro atoms. The van der Waals surface area contributed by atoms with Gasteiger partial charge in [0.2, 0.25) is 0 Å². The lowest BCUT2D eigenvalue weighted by atomic mass is 10.0. The standard InChI is InChI=1S/C8H14O3S/c1-2-8(9)5-7-3-4-12(10,11)6-7/h2,7-9H,1,3-6H2. The van der Waals surface area contributed by atoms with E-state index >= 15 is 0 Å². The van der Waals surface area contributed by atoms with E-state index in [1.807, 2.05) is 0 Å². The molecule has 0 aliphatic carbocycles. The summed E-state index contributed by atoms with van der Waals surface area (Å²) in [6, 6.07) is 0. The van der Waals surface area contributed by atoms with Crippen LogP contribution in [-0.4, -0.2) is 31.1 Å². The monoisotopic (exact) mass is 190 g/mol. The Morgan fingerprint density at radius 2 is 2.33 bits per heavy atom. The Bertz CT molecular complexity index is 255. The average molecular weight is 190 g/mol. The van der Waals surface area contributed by atoms with Gasteiger partial charge >= 0.3 is 0 Å². The van der Waals surface area contributed by atoms with Gasteiger partial charge in [-0.2, -0.15) is 0 Å². The summed E-state index contributed by atoms with van der Waals surface area (Å²) in [7, 11) is -2.79. The average Bonchev–Trinajstić information content (AvgIpc) is 2.30. The lowest BCUT2D eigenvalue weighted by Gasteiger charge is -2.09. The van der Waals surface area contributed by atoms with Crippen molar-refractivity contribution in [2.24, 2.45) is 5.92 Å². The molecule has 1 rings (SSSR count). The highest BCUT2D eigenvalue weighted by atomic mass is 32.2. The van der Waals surface area contributed by atoms with E-state index in [1.165, 1.54) is 6.08 Å². The van der Waals surface area contributed by atoms with Gasteiger partial charge in [-0.15, -0.1) is 6.58 Å². The Labute approximate surface area is 73.0 Å². The second kappa shape index (κ2) is 3.58. The third kappa shape index (κ3) is 2.60. The van der Waals surface area contributed by atoms with Crippen LogP contribution in [0, 0.1) is 5.92 Å². The molecule has 0 bridgehead atoms. The molecule has 1 heterocycles. The van der Waals surface area contributed by atoms with Crippen LogP contribution < -0.4 is 0 Å². The summed E-state index contributed by atoms with van der Waals surface area (Å²) in [5.41, 5.74) is 0. The lowest BCUT2D eigenvalue weighted by Crippen LogP contribution is -2.12. The fraction of sp³-hybridized carbons (Fsp3) is 0.750. The molecule has 12 heavy (non-hydrogen) atoms. The van der Waals surface area contributed by atoms with Crippen molar-refractivity contribution in [3.63, 3.8) is 0 Å². The van der Waals surface area contributed by atoms with Gasteiger partial charge in [0, 0.05) is 0 Å². The smallest absolute Gasteiger partial charge is 0.150 e. The molecule has 1 aliphatic rings. The third-order valence-corrected chi connectivity index (χ3v) is 4.01. The zero-order chi connectivity index (χ0) is 9.19. The van der Waals surface area contributed by atoms with Crippen LogP contribution in [0.5, 0.6) is 0 Å². The van der Waals surface area contributed by atoms with Crippen molar-refractivity contribution in [1.29, 1.82) is 0 Å². The van der Waals surface area contributed by atoms with Gasteiger partial charge in [0.15, 0.2) is 9.84 Å². The summed E-state index contributed by atoms with van der Waals surface area (Å²) in [6.45, 7) is 3.44. The van der Waals surface area contributed by atoms with E-state index in [1.54, 1.807) is 0 Å². The minimum atomic E-state index is -2.79. The van der Waals surface area contributed by atoms with Crippen molar-refractivity contribution < 1.29 is 13.5 Å². The fourth-order valence-corrected chi connectivity index (χ4v) is 3.38. The minimum Gasteiger partial charge on any atom is -0.389 e. The number of sulfone groups is 1. The molecule has 0 aromatic rings. The number of hydrogen-bond acceptors (Lipinski definition) is 3. The quantitative estimate of drug-likeness (QED) is 0.654. The molecule has 1 saturated heterocycles. The largest absolute Gasteiger partial charge is 0.389 e. The van der Waals surface area contributed by atoms with Gasteiger partial charge in [0.05, 0.1) is 17.6 Å². The molecule has 70 valence electrons. The molecule has 0 aromatic heterocycles. The van der Waals surface area contributed by atoms with Crippen molar-refractivity contribution in [3.05, 3.63) is 12.7 Å². The Morgan fingerprint density at radius 3 is 2.75 bits per heavy atom. The molecule has 2 unspecified atom stereocenters. The summed E-state index contributed by atoms with van der Waals surface area (Å²) in [5, 5.41) is 9.18. The predicted octanol–water partition coefficient (Wildman–Crippen LogP) is 0.358. The van der Waals surface area contributed by atoms with Crippen molar-refractivity contribution in [3.8, 4) is 0 Å². The summed E-state index contributed by atoms with van der Waals surface area (Å²) >= 11 is 0. The maximum atomic E-state index is 11.0. The van der Waals surface area contributed by atoms with Gasteiger partial charge in [0.1, 0.15) is 0 Å². The van der Waals surface area contributed by atoms with Crippen molar-refractivity contribution in [1.82, 2.24) is 0 Å². The van der Waals surface area contributed by atoms with Crippen LogP contribution in [0.3, 0.4) is 0 Å². The summed E-state index contributed by atoms with van der Waals surface area (Å²) in [5.74, 6) is 0.641. The first-order chi connectivity index (χ1) is 5.53. The van der Waals surface area contributed by atoms with Gasteiger partial charge < -0.3 is 5.11 Å². The van der Waals surface area contributed by atoms with Crippen LogP contribution in [0.2, 0.25) is 0 Å². The molecule has 4 heteroatoms. The van der Waals surface area contributed by atoms with Crippen molar-refractivity contribution >= 4 is 9.84 Å². The maximum Gasteiger partial charge on any atom is 0.150 e. The first kappa shape index (κ1) is 9.74. The zero-order valence-electron chi connectivity index (χ0n) is 6.94. The molecule has 2 atom stereocenters. The van der Waals surface area contributed by atoms with Gasteiger partial charge in [-0.25, -0.2) is 8.42 Å². The van der Waals surface area contributed by atoms with E-state index in [0.29, 0.717) is 12.8 Å². The fourth-order valence-electron chi connectivity index (χ4n) is 1.50. The van der Waals surface area contributed by atoms with Crippen LogP contribution in [-0.2, 0) is 9.84 Å². The molecule has 0 saturated carbocycles. The molecule has 0 amide bonds. The van der Waals surface area contributed by atoms with Gasteiger partial charge in [-0.3, -0.25) is 0 Å². The highest BCUT2D eigenvalue weighted by molar-refractivity contribution is 7.91. The second-order valence-electron chi connectivity index (χ2n) is 3.31. The van der Waals surface area contributed by atoms with Crippen molar-refractivity contribution in [2.45, 2.75) is 18.9 Å². The van der Waals surface area contributed by atoms with Crippen molar-refractivity contribution in [2.75, 3.05) is 11.5 Å². The molecule has 3 nitrogen and oxygen atoms in total. The van der Waals surface area contributed by atoms with Crippen LogP contribution in [0.4, 0.5) is 0 Å². The molecule has 1 N–H and O–H groups in total. The topological polar surface area (TPSA) is 54.4 Å². The van der Waals surface area contributed by atoms with E-state index in [4.69, 9.17) is 0 Å².